The summed E-state index contributed by atoms with van der Waals surface area (Å²) in [6.45, 7) is 1.28. The Balaban J connectivity index is 1.64. The van der Waals surface area contributed by atoms with Crippen LogP contribution < -0.4 is 10.6 Å². The molecule has 0 radical (unpaired) electrons. The number of benzene rings is 1. The van der Waals surface area contributed by atoms with Crippen LogP contribution in [-0.2, 0) is 13.1 Å². The smallest absolute Gasteiger partial charge is 0.254 e. The maximum atomic E-state index is 11.8. The molecule has 0 bridgehead atoms. The minimum absolute atomic E-state index is 0.159. The van der Waals surface area contributed by atoms with Crippen molar-refractivity contribution in [1.82, 2.24) is 25.1 Å². The highest BCUT2D eigenvalue weighted by atomic mass is 16.1. The Hall–Kier alpha value is -3.22. The number of hydrogen-bond acceptors (Lipinski definition) is 5. The summed E-state index contributed by atoms with van der Waals surface area (Å²) in [6.07, 6.45) is 4.88. The van der Waals surface area contributed by atoms with Crippen molar-refractivity contribution in [2.24, 2.45) is 0 Å². The molecule has 0 aliphatic heterocycles. The fourth-order valence-corrected chi connectivity index (χ4v) is 2.31. The first kappa shape index (κ1) is 15.7. The van der Waals surface area contributed by atoms with Gasteiger partial charge in [-0.3, -0.25) is 4.79 Å². The first-order valence-corrected chi connectivity index (χ1v) is 7.57. The van der Waals surface area contributed by atoms with Gasteiger partial charge in [-0.25, -0.2) is 14.6 Å². The van der Waals surface area contributed by atoms with E-state index in [0.29, 0.717) is 24.5 Å². The van der Waals surface area contributed by atoms with Gasteiger partial charge in [-0.05, 0) is 23.3 Å². The van der Waals surface area contributed by atoms with E-state index in [1.807, 2.05) is 12.1 Å². The number of carbonyl (C=O) groups is 1. The van der Waals surface area contributed by atoms with Gasteiger partial charge in [0.05, 0.1) is 12.1 Å². The second kappa shape index (κ2) is 7.36. The average Bonchev–Trinajstić information content (AvgIpc) is 3.14. The van der Waals surface area contributed by atoms with E-state index < -0.39 is 0 Å². The third-order valence-corrected chi connectivity index (χ3v) is 3.57. The van der Waals surface area contributed by atoms with Crippen molar-refractivity contribution in [1.29, 1.82) is 0 Å². The highest BCUT2D eigenvalue weighted by molar-refractivity contribution is 5.98. The molecule has 0 atom stereocenters. The first-order chi connectivity index (χ1) is 11.8. The Labute approximate surface area is 139 Å². The summed E-state index contributed by atoms with van der Waals surface area (Å²) in [5.41, 5.74) is 2.78. The molecule has 2 heterocycles. The topological polar surface area (TPSA) is 84.7 Å². The van der Waals surface area contributed by atoms with Crippen LogP contribution in [0.5, 0.6) is 0 Å². The first-order valence-electron chi connectivity index (χ1n) is 7.57. The Kier molecular flexibility index (Phi) is 4.81. The Morgan fingerprint density at radius 3 is 2.67 bits per heavy atom. The summed E-state index contributed by atoms with van der Waals surface area (Å²) in [5.74, 6) is 0.414. The fraction of sp³-hybridized carbons (Fsp3) is 0.176. The molecule has 0 saturated carbocycles. The maximum absolute atomic E-state index is 11.8. The zero-order valence-electron chi connectivity index (χ0n) is 13.3. The van der Waals surface area contributed by atoms with Crippen LogP contribution in [0.2, 0.25) is 0 Å². The van der Waals surface area contributed by atoms with Crippen LogP contribution in [0.4, 0.5) is 5.82 Å². The summed E-state index contributed by atoms with van der Waals surface area (Å²) < 4.78 is 1.77. The van der Waals surface area contributed by atoms with Gasteiger partial charge in [0.25, 0.3) is 5.91 Å². The van der Waals surface area contributed by atoms with Crippen LogP contribution in [0.15, 0.2) is 55.2 Å². The fourth-order valence-electron chi connectivity index (χ4n) is 2.31. The predicted octanol–water partition coefficient (Wildman–Crippen LogP) is 1.69. The molecule has 0 fully saturated rings. The molecular formula is C17H18N6O. The molecule has 7 nitrogen and oxygen atoms in total. The van der Waals surface area contributed by atoms with Crippen LogP contribution in [-0.4, -0.2) is 32.7 Å². The maximum Gasteiger partial charge on any atom is 0.254 e. The lowest BCUT2D eigenvalue weighted by molar-refractivity contribution is 0.0963. The molecule has 3 rings (SSSR count). The van der Waals surface area contributed by atoms with E-state index in [2.05, 4.69) is 37.8 Å². The summed E-state index contributed by atoms with van der Waals surface area (Å²) in [5, 5.41) is 9.92. The van der Waals surface area contributed by atoms with Gasteiger partial charge < -0.3 is 10.6 Å². The number of nitrogens with zero attached hydrogens (tertiary/aromatic N) is 4. The summed E-state index contributed by atoms with van der Waals surface area (Å²) in [7, 11) is 1.60. The highest BCUT2D eigenvalue weighted by Crippen LogP contribution is 2.13. The quantitative estimate of drug-likeness (QED) is 0.721. The van der Waals surface area contributed by atoms with E-state index in [9.17, 15) is 4.79 Å². The number of carbonyl (C=O) groups excluding carboxylic acids is 1. The van der Waals surface area contributed by atoms with Crippen LogP contribution in [0, 0.1) is 0 Å². The van der Waals surface area contributed by atoms with Crippen molar-refractivity contribution in [2.75, 3.05) is 12.4 Å². The third-order valence-electron chi connectivity index (χ3n) is 3.57. The number of aromatic nitrogens is 4. The number of rotatable bonds is 6. The van der Waals surface area contributed by atoms with Gasteiger partial charge in [-0.15, -0.1) is 0 Å². The van der Waals surface area contributed by atoms with Crippen molar-refractivity contribution in [3.63, 3.8) is 0 Å². The normalized spacial score (nSPS) is 10.4. The molecule has 3 aromatic rings. The largest absolute Gasteiger partial charge is 0.365 e. The predicted molar refractivity (Wildman–Crippen MR) is 90.5 cm³/mol. The Bertz CT molecular complexity index is 798. The second-order valence-corrected chi connectivity index (χ2v) is 5.24. The van der Waals surface area contributed by atoms with Crippen molar-refractivity contribution >= 4 is 11.7 Å². The number of pyridine rings is 1. The number of hydrogen-bond donors (Lipinski definition) is 2. The molecule has 0 aliphatic rings. The van der Waals surface area contributed by atoms with Gasteiger partial charge in [0.2, 0.25) is 0 Å². The summed E-state index contributed by atoms with van der Waals surface area (Å²) in [4.78, 5) is 20.0. The van der Waals surface area contributed by atoms with Gasteiger partial charge >= 0.3 is 0 Å². The number of anilines is 1. The van der Waals surface area contributed by atoms with Gasteiger partial charge in [0.15, 0.2) is 0 Å². The molecule has 122 valence electrons. The zero-order valence-corrected chi connectivity index (χ0v) is 13.3. The molecule has 7 heteroatoms. The van der Waals surface area contributed by atoms with Crippen LogP contribution in [0.3, 0.4) is 0 Å². The standard InChI is InChI=1S/C17H18N6O/c1-18-17(24)15-3-2-8-20-16(15)21-9-13-4-6-14(7-5-13)10-23-12-19-11-22-23/h2-8,11-12H,9-10H2,1H3,(H,18,24)(H,20,21). The monoisotopic (exact) mass is 322 g/mol. The summed E-state index contributed by atoms with van der Waals surface area (Å²) in [6, 6.07) is 11.7. The number of nitrogens with one attached hydrogen (secondary N) is 2. The third kappa shape index (κ3) is 3.75. The van der Waals surface area contributed by atoms with Crippen molar-refractivity contribution in [3.05, 3.63) is 71.9 Å². The average molecular weight is 322 g/mol. The second-order valence-electron chi connectivity index (χ2n) is 5.24. The zero-order chi connectivity index (χ0) is 16.8. The molecule has 0 spiro atoms. The molecule has 24 heavy (non-hydrogen) atoms. The molecule has 2 aromatic heterocycles. The van der Waals surface area contributed by atoms with E-state index >= 15 is 0 Å². The molecule has 2 N–H and O–H groups in total. The van der Waals surface area contributed by atoms with Crippen molar-refractivity contribution in [2.45, 2.75) is 13.1 Å². The van der Waals surface area contributed by atoms with Crippen molar-refractivity contribution < 1.29 is 4.79 Å². The van der Waals surface area contributed by atoms with Gasteiger partial charge in [0.1, 0.15) is 18.5 Å². The van der Waals surface area contributed by atoms with Crippen LogP contribution in [0.25, 0.3) is 0 Å². The number of amides is 1. The van der Waals surface area contributed by atoms with E-state index in [4.69, 9.17) is 0 Å². The Morgan fingerprint density at radius 2 is 1.96 bits per heavy atom. The summed E-state index contributed by atoms with van der Waals surface area (Å²) >= 11 is 0. The highest BCUT2D eigenvalue weighted by Gasteiger charge is 2.10. The SMILES string of the molecule is CNC(=O)c1cccnc1NCc1ccc(Cn2cncn2)cc1. The lowest BCUT2D eigenvalue weighted by Gasteiger charge is -2.10. The van der Waals surface area contributed by atoms with Crippen molar-refractivity contribution in [3.8, 4) is 0 Å². The van der Waals surface area contributed by atoms with Gasteiger partial charge in [0, 0.05) is 19.8 Å². The lowest BCUT2D eigenvalue weighted by Crippen LogP contribution is -2.20. The molecule has 0 aliphatic carbocycles. The van der Waals surface area contributed by atoms with E-state index in [-0.39, 0.29) is 5.91 Å². The molecule has 1 amide bonds. The van der Waals surface area contributed by atoms with E-state index in [1.54, 1.807) is 36.4 Å². The minimum Gasteiger partial charge on any atom is -0.365 e. The van der Waals surface area contributed by atoms with E-state index in [1.165, 1.54) is 6.33 Å². The Morgan fingerprint density at radius 1 is 1.17 bits per heavy atom. The molecule has 1 aromatic carbocycles. The van der Waals surface area contributed by atoms with Gasteiger partial charge in [-0.1, -0.05) is 24.3 Å². The van der Waals surface area contributed by atoms with Gasteiger partial charge in [-0.2, -0.15) is 5.10 Å². The van der Waals surface area contributed by atoms with Crippen LogP contribution >= 0.6 is 0 Å². The minimum atomic E-state index is -0.159. The molecular weight excluding hydrogens is 304 g/mol. The van der Waals surface area contributed by atoms with E-state index in [0.717, 1.165) is 11.1 Å². The molecule has 0 saturated heterocycles. The lowest BCUT2D eigenvalue weighted by atomic mass is 10.1. The molecule has 0 unspecified atom stereocenters. The van der Waals surface area contributed by atoms with Crippen LogP contribution in [0.1, 0.15) is 21.5 Å².